The second kappa shape index (κ2) is 8.84. The van der Waals surface area contributed by atoms with Crippen LogP contribution in [0.15, 0.2) is 22.7 Å². The Hall–Kier alpha value is -1.93. The topological polar surface area (TPSA) is 72.2 Å². The van der Waals surface area contributed by atoms with Gasteiger partial charge in [0, 0.05) is 16.3 Å². The number of aromatic nitrogens is 4. The predicted octanol–water partition coefficient (Wildman–Crippen LogP) is 3.94. The van der Waals surface area contributed by atoms with Crippen molar-refractivity contribution in [2.45, 2.75) is 63.9 Å². The van der Waals surface area contributed by atoms with E-state index in [1.807, 2.05) is 31.4 Å². The highest BCUT2D eigenvalue weighted by Gasteiger charge is 2.19. The lowest BCUT2D eigenvalue weighted by Gasteiger charge is -2.09. The number of fused-ring (bicyclic) bond motifs is 1. The summed E-state index contributed by atoms with van der Waals surface area (Å²) in [5, 5.41) is 9.86. The summed E-state index contributed by atoms with van der Waals surface area (Å²) in [6.07, 6.45) is 3.28. The zero-order valence-corrected chi connectivity index (χ0v) is 17.8. The molecule has 3 rings (SSSR count). The van der Waals surface area contributed by atoms with Crippen LogP contribution in [0.4, 0.5) is 0 Å². The molecule has 3 heterocycles. The smallest absolute Gasteiger partial charge is 0.253 e. The van der Waals surface area contributed by atoms with Crippen molar-refractivity contribution < 1.29 is 4.79 Å². The fraction of sp³-hybridized carbons (Fsp3) is 0.474. The van der Waals surface area contributed by atoms with Gasteiger partial charge >= 0.3 is 0 Å². The van der Waals surface area contributed by atoms with Crippen molar-refractivity contribution in [3.05, 3.63) is 39.3 Å². The molecular weight excluding hydrogens is 378 g/mol. The summed E-state index contributed by atoms with van der Waals surface area (Å²) in [6, 6.07) is 4.00. The van der Waals surface area contributed by atoms with Crippen LogP contribution in [-0.4, -0.2) is 30.7 Å². The SMILES string of the molecule is CCCCc1c(C)nc2nc(SC(C)C(=O)NCc3cccs3)nn2c1C. The lowest BCUT2D eigenvalue weighted by Crippen LogP contribution is -2.30. The Balaban J connectivity index is 1.71. The third kappa shape index (κ3) is 4.68. The minimum atomic E-state index is -0.275. The molecule has 0 aliphatic heterocycles. The molecule has 0 spiro atoms. The van der Waals surface area contributed by atoms with E-state index < -0.39 is 0 Å². The average Bonchev–Trinajstić information content (AvgIpc) is 3.29. The molecule has 1 unspecified atom stereocenters. The summed E-state index contributed by atoms with van der Waals surface area (Å²) < 4.78 is 1.80. The van der Waals surface area contributed by atoms with Crippen molar-refractivity contribution in [1.29, 1.82) is 0 Å². The average molecular weight is 404 g/mol. The molecule has 27 heavy (non-hydrogen) atoms. The number of thioether (sulfide) groups is 1. The zero-order chi connectivity index (χ0) is 19.4. The first kappa shape index (κ1) is 19.8. The van der Waals surface area contributed by atoms with E-state index in [0.717, 1.165) is 35.5 Å². The second-order valence-electron chi connectivity index (χ2n) is 6.53. The molecule has 3 aromatic rings. The van der Waals surface area contributed by atoms with Crippen LogP contribution in [-0.2, 0) is 17.8 Å². The summed E-state index contributed by atoms with van der Waals surface area (Å²) >= 11 is 3.00. The molecule has 0 aliphatic rings. The molecule has 1 N–H and O–H groups in total. The first-order chi connectivity index (χ1) is 13.0. The first-order valence-corrected chi connectivity index (χ1v) is 10.9. The van der Waals surface area contributed by atoms with Crippen LogP contribution >= 0.6 is 23.1 Å². The van der Waals surface area contributed by atoms with Gasteiger partial charge < -0.3 is 5.32 Å². The molecule has 0 radical (unpaired) electrons. The third-order valence-electron chi connectivity index (χ3n) is 4.48. The largest absolute Gasteiger partial charge is 0.350 e. The minimum Gasteiger partial charge on any atom is -0.350 e. The predicted molar refractivity (Wildman–Crippen MR) is 110 cm³/mol. The highest BCUT2D eigenvalue weighted by molar-refractivity contribution is 8.00. The summed E-state index contributed by atoms with van der Waals surface area (Å²) in [4.78, 5) is 22.6. The highest BCUT2D eigenvalue weighted by atomic mass is 32.2. The van der Waals surface area contributed by atoms with E-state index in [4.69, 9.17) is 0 Å². The maximum atomic E-state index is 12.3. The number of hydrogen-bond acceptors (Lipinski definition) is 6. The number of carbonyl (C=O) groups is 1. The molecule has 0 fully saturated rings. The molecule has 0 saturated heterocycles. The van der Waals surface area contributed by atoms with E-state index in [-0.39, 0.29) is 11.2 Å². The second-order valence-corrected chi connectivity index (χ2v) is 8.87. The summed E-state index contributed by atoms with van der Waals surface area (Å²) in [5.74, 6) is 0.579. The van der Waals surface area contributed by atoms with Gasteiger partial charge in [-0.25, -0.2) is 9.50 Å². The van der Waals surface area contributed by atoms with E-state index in [2.05, 4.69) is 34.2 Å². The Morgan fingerprint density at radius 3 is 2.89 bits per heavy atom. The molecule has 0 aromatic carbocycles. The molecule has 0 saturated carbocycles. The molecule has 1 atom stereocenters. The number of thiophene rings is 1. The molecule has 0 bridgehead atoms. The number of nitrogens with zero attached hydrogens (tertiary/aromatic N) is 4. The Morgan fingerprint density at radius 2 is 2.19 bits per heavy atom. The van der Waals surface area contributed by atoms with Crippen LogP contribution < -0.4 is 5.32 Å². The Bertz CT molecular complexity index is 920. The van der Waals surface area contributed by atoms with Crippen LogP contribution in [0.25, 0.3) is 5.78 Å². The van der Waals surface area contributed by atoms with Crippen LogP contribution in [0.2, 0.25) is 0 Å². The third-order valence-corrected chi connectivity index (χ3v) is 6.31. The molecule has 6 nitrogen and oxygen atoms in total. The number of rotatable bonds is 8. The molecular formula is C19H25N5OS2. The number of aryl methyl sites for hydroxylation is 2. The van der Waals surface area contributed by atoms with Crippen molar-refractivity contribution in [1.82, 2.24) is 24.9 Å². The van der Waals surface area contributed by atoms with E-state index in [0.29, 0.717) is 17.5 Å². The summed E-state index contributed by atoms with van der Waals surface area (Å²) in [6.45, 7) is 8.71. The Morgan fingerprint density at radius 1 is 1.37 bits per heavy atom. The zero-order valence-electron chi connectivity index (χ0n) is 16.2. The van der Waals surface area contributed by atoms with Crippen molar-refractivity contribution in [3.63, 3.8) is 0 Å². The normalized spacial score (nSPS) is 12.4. The first-order valence-electron chi connectivity index (χ1n) is 9.19. The maximum absolute atomic E-state index is 12.3. The van der Waals surface area contributed by atoms with Crippen molar-refractivity contribution in [2.24, 2.45) is 0 Å². The van der Waals surface area contributed by atoms with Gasteiger partial charge in [0.25, 0.3) is 5.78 Å². The summed E-state index contributed by atoms with van der Waals surface area (Å²) in [7, 11) is 0. The van der Waals surface area contributed by atoms with Crippen LogP contribution in [0.3, 0.4) is 0 Å². The maximum Gasteiger partial charge on any atom is 0.253 e. The lowest BCUT2D eigenvalue weighted by molar-refractivity contribution is -0.120. The Labute approximate surface area is 167 Å². The standard InChI is InChI=1S/C19H25N5OS2/c1-5-6-9-16-12(2)21-18-22-19(23-24(18)13(16)3)27-14(4)17(25)20-11-15-8-7-10-26-15/h7-8,10,14H,5-6,9,11H2,1-4H3,(H,20,25). The van der Waals surface area contributed by atoms with Gasteiger partial charge in [0.05, 0.1) is 11.8 Å². The molecule has 0 aliphatic carbocycles. The van der Waals surface area contributed by atoms with Gasteiger partial charge in [-0.3, -0.25) is 4.79 Å². The van der Waals surface area contributed by atoms with Gasteiger partial charge in [-0.2, -0.15) is 4.98 Å². The molecule has 1 amide bonds. The van der Waals surface area contributed by atoms with Crippen molar-refractivity contribution in [2.75, 3.05) is 0 Å². The van der Waals surface area contributed by atoms with Gasteiger partial charge in [-0.05, 0) is 50.6 Å². The van der Waals surface area contributed by atoms with E-state index in [1.165, 1.54) is 17.3 Å². The minimum absolute atomic E-state index is 0.0169. The number of hydrogen-bond donors (Lipinski definition) is 1. The quantitative estimate of drug-likeness (QED) is 0.577. The van der Waals surface area contributed by atoms with Crippen molar-refractivity contribution >= 4 is 34.8 Å². The van der Waals surface area contributed by atoms with Crippen LogP contribution in [0, 0.1) is 13.8 Å². The van der Waals surface area contributed by atoms with Crippen molar-refractivity contribution in [3.8, 4) is 0 Å². The number of amides is 1. The van der Waals surface area contributed by atoms with Gasteiger partial charge in [-0.15, -0.1) is 16.4 Å². The Kier molecular flexibility index (Phi) is 6.49. The molecule has 3 aromatic heterocycles. The highest BCUT2D eigenvalue weighted by Crippen LogP contribution is 2.23. The van der Waals surface area contributed by atoms with Gasteiger partial charge in [-0.1, -0.05) is 31.2 Å². The number of nitrogens with one attached hydrogen (secondary N) is 1. The van der Waals surface area contributed by atoms with Gasteiger partial charge in [0.2, 0.25) is 11.1 Å². The number of carbonyl (C=O) groups excluding carboxylic acids is 1. The van der Waals surface area contributed by atoms with Gasteiger partial charge in [0.15, 0.2) is 0 Å². The fourth-order valence-corrected chi connectivity index (χ4v) is 4.31. The number of unbranched alkanes of at least 4 members (excludes halogenated alkanes) is 1. The molecule has 144 valence electrons. The summed E-state index contributed by atoms with van der Waals surface area (Å²) in [5.41, 5.74) is 3.34. The lowest BCUT2D eigenvalue weighted by atomic mass is 10.1. The van der Waals surface area contributed by atoms with E-state index in [9.17, 15) is 4.79 Å². The molecule has 8 heteroatoms. The van der Waals surface area contributed by atoms with E-state index >= 15 is 0 Å². The van der Waals surface area contributed by atoms with Crippen LogP contribution in [0.5, 0.6) is 0 Å². The monoisotopic (exact) mass is 403 g/mol. The van der Waals surface area contributed by atoms with E-state index in [1.54, 1.807) is 15.9 Å². The fourth-order valence-electron chi connectivity index (χ4n) is 2.90. The van der Waals surface area contributed by atoms with Gasteiger partial charge in [0.1, 0.15) is 0 Å². The van der Waals surface area contributed by atoms with Crippen LogP contribution in [0.1, 0.15) is 48.5 Å².